The molecule has 2 rings (SSSR count). The lowest BCUT2D eigenvalue weighted by Crippen LogP contribution is -2.41. The van der Waals surface area contributed by atoms with Gasteiger partial charge in [0.15, 0.2) is 5.78 Å². The Kier molecular flexibility index (Phi) is 5.63. The van der Waals surface area contributed by atoms with Crippen molar-refractivity contribution >= 4 is 64.4 Å². The van der Waals surface area contributed by atoms with Crippen LogP contribution in [0, 0.1) is 0 Å². The summed E-state index contributed by atoms with van der Waals surface area (Å²) in [7, 11) is 1.96. The van der Waals surface area contributed by atoms with Crippen molar-refractivity contribution in [3.63, 3.8) is 0 Å². The molecule has 1 aromatic rings. The Morgan fingerprint density at radius 2 is 1.79 bits per heavy atom. The number of fused-ring (bicyclic) bond motifs is 1. The van der Waals surface area contributed by atoms with Gasteiger partial charge in [0.2, 0.25) is 0 Å². The maximum Gasteiger partial charge on any atom is 0.166 e. The molecule has 106 valence electrons. The highest BCUT2D eigenvalue weighted by Crippen LogP contribution is 2.42. The van der Waals surface area contributed by atoms with Gasteiger partial charge in [-0.3, -0.25) is 4.79 Å². The number of halogens is 4. The number of alkyl halides is 1. The number of carbonyl (C=O) groups excluding carboxylic acids is 1. The summed E-state index contributed by atoms with van der Waals surface area (Å²) in [6, 6.07) is 3.61. The lowest BCUT2D eigenvalue weighted by Gasteiger charge is -2.26. The van der Waals surface area contributed by atoms with E-state index in [0.717, 1.165) is 11.4 Å². The molecule has 0 amide bonds. The Labute approximate surface area is 133 Å². The van der Waals surface area contributed by atoms with E-state index in [-0.39, 0.29) is 36.8 Å². The number of anilines is 2. The van der Waals surface area contributed by atoms with E-state index in [4.69, 9.17) is 34.8 Å². The van der Waals surface area contributed by atoms with Crippen molar-refractivity contribution in [2.45, 2.75) is 13.1 Å². The van der Waals surface area contributed by atoms with Gasteiger partial charge in [0.05, 0.1) is 40.0 Å². The fourth-order valence-electron chi connectivity index (χ4n) is 2.10. The van der Waals surface area contributed by atoms with Gasteiger partial charge in [-0.25, -0.2) is 0 Å². The SMILES string of the molecule is CC1N(C)c2cc(Cl)c(Cl)cc2N1CC(=O)CCl.Cl. The number of benzene rings is 1. The molecule has 0 aliphatic carbocycles. The van der Waals surface area contributed by atoms with Crippen LogP contribution in [0.1, 0.15) is 6.92 Å². The first-order valence-corrected chi connectivity index (χ1v) is 6.81. The largest absolute Gasteiger partial charge is 0.353 e. The zero-order valence-corrected chi connectivity index (χ0v) is 13.6. The molecule has 1 heterocycles. The molecule has 1 aliphatic heterocycles. The molecule has 1 atom stereocenters. The van der Waals surface area contributed by atoms with E-state index in [1.54, 1.807) is 6.07 Å². The molecule has 1 aliphatic rings. The summed E-state index contributed by atoms with van der Waals surface area (Å²) >= 11 is 17.6. The van der Waals surface area contributed by atoms with Gasteiger partial charge >= 0.3 is 0 Å². The highest BCUT2D eigenvalue weighted by molar-refractivity contribution is 6.42. The quantitative estimate of drug-likeness (QED) is 0.779. The molecule has 1 aromatic carbocycles. The number of nitrogens with zero attached hydrogens (tertiary/aromatic N) is 2. The van der Waals surface area contributed by atoms with Crippen molar-refractivity contribution in [3.8, 4) is 0 Å². The molecule has 19 heavy (non-hydrogen) atoms. The van der Waals surface area contributed by atoms with Gasteiger partial charge in [-0.15, -0.1) is 24.0 Å². The van der Waals surface area contributed by atoms with Crippen LogP contribution in [0.5, 0.6) is 0 Å². The first-order chi connectivity index (χ1) is 8.45. The van der Waals surface area contributed by atoms with Gasteiger partial charge in [-0.1, -0.05) is 23.2 Å². The minimum absolute atomic E-state index is 0. The van der Waals surface area contributed by atoms with Crippen LogP contribution >= 0.6 is 47.2 Å². The second-order valence-corrected chi connectivity index (χ2v) is 5.38. The van der Waals surface area contributed by atoms with Gasteiger partial charge in [0.1, 0.15) is 0 Å². The summed E-state index contributed by atoms with van der Waals surface area (Å²) < 4.78 is 0. The highest BCUT2D eigenvalue weighted by Gasteiger charge is 2.32. The molecule has 0 bridgehead atoms. The normalized spacial score (nSPS) is 17.2. The predicted molar refractivity (Wildman–Crippen MR) is 84.6 cm³/mol. The number of hydrogen-bond donors (Lipinski definition) is 0. The highest BCUT2D eigenvalue weighted by atomic mass is 35.5. The Morgan fingerprint density at radius 3 is 2.32 bits per heavy atom. The monoisotopic (exact) mass is 342 g/mol. The van der Waals surface area contributed by atoms with Crippen molar-refractivity contribution in [1.82, 2.24) is 0 Å². The third-order valence-corrected chi connectivity index (χ3v) is 4.23. The number of carbonyl (C=O) groups is 1. The van der Waals surface area contributed by atoms with E-state index < -0.39 is 0 Å². The maximum absolute atomic E-state index is 11.5. The predicted octanol–water partition coefficient (Wildman–Crippen LogP) is 3.83. The summed E-state index contributed by atoms with van der Waals surface area (Å²) in [5.41, 5.74) is 1.89. The van der Waals surface area contributed by atoms with Gasteiger partial charge in [0.25, 0.3) is 0 Å². The Morgan fingerprint density at radius 1 is 1.26 bits per heavy atom. The zero-order valence-electron chi connectivity index (χ0n) is 10.5. The minimum atomic E-state index is -0.0177. The lowest BCUT2D eigenvalue weighted by atomic mass is 10.2. The maximum atomic E-state index is 11.5. The molecule has 0 saturated carbocycles. The average Bonchev–Trinajstić information content (AvgIpc) is 2.56. The Hall–Kier alpha value is -0.350. The molecule has 0 saturated heterocycles. The fraction of sp³-hybridized carbons (Fsp3) is 0.417. The Balaban J connectivity index is 0.00000180. The molecule has 0 fully saturated rings. The average molecular weight is 344 g/mol. The van der Waals surface area contributed by atoms with Gasteiger partial charge in [0, 0.05) is 7.05 Å². The molecule has 0 radical (unpaired) electrons. The molecular weight excluding hydrogens is 330 g/mol. The number of rotatable bonds is 3. The van der Waals surface area contributed by atoms with E-state index in [9.17, 15) is 4.79 Å². The van der Waals surface area contributed by atoms with E-state index in [2.05, 4.69) is 4.90 Å². The Bertz CT molecular complexity index is 495. The van der Waals surface area contributed by atoms with Gasteiger partial charge < -0.3 is 9.80 Å². The fourth-order valence-corrected chi connectivity index (χ4v) is 2.50. The summed E-state index contributed by atoms with van der Waals surface area (Å²) in [6.07, 6.45) is 0.0710. The van der Waals surface area contributed by atoms with Crippen LogP contribution in [-0.2, 0) is 4.79 Å². The summed E-state index contributed by atoms with van der Waals surface area (Å²) in [6.45, 7) is 2.29. The molecular formula is C12H14Cl4N2O. The first kappa shape index (κ1) is 16.7. The lowest BCUT2D eigenvalue weighted by molar-refractivity contribution is -0.115. The molecule has 0 spiro atoms. The van der Waals surface area contributed by atoms with Crippen LogP contribution in [0.4, 0.5) is 11.4 Å². The molecule has 3 nitrogen and oxygen atoms in total. The summed E-state index contributed by atoms with van der Waals surface area (Å²) in [5, 5.41) is 1.00. The molecule has 7 heteroatoms. The molecule has 0 N–H and O–H groups in total. The third-order valence-electron chi connectivity index (χ3n) is 3.21. The van der Waals surface area contributed by atoms with Crippen molar-refractivity contribution in [2.24, 2.45) is 0 Å². The number of hydrogen-bond acceptors (Lipinski definition) is 3. The summed E-state index contributed by atoms with van der Waals surface area (Å²) in [5.74, 6) is -0.000292. The van der Waals surface area contributed by atoms with E-state index in [1.165, 1.54) is 0 Å². The van der Waals surface area contributed by atoms with Crippen molar-refractivity contribution < 1.29 is 4.79 Å². The second-order valence-electron chi connectivity index (χ2n) is 4.30. The number of ketones is 1. The smallest absolute Gasteiger partial charge is 0.166 e. The summed E-state index contributed by atoms with van der Waals surface area (Å²) in [4.78, 5) is 15.6. The molecule has 1 unspecified atom stereocenters. The van der Waals surface area contributed by atoms with Crippen molar-refractivity contribution in [3.05, 3.63) is 22.2 Å². The van der Waals surface area contributed by atoms with Gasteiger partial charge in [-0.05, 0) is 19.1 Å². The van der Waals surface area contributed by atoms with Crippen LogP contribution in [0.3, 0.4) is 0 Å². The zero-order chi connectivity index (χ0) is 13.4. The van der Waals surface area contributed by atoms with E-state index in [1.807, 2.05) is 24.9 Å². The van der Waals surface area contributed by atoms with E-state index >= 15 is 0 Å². The molecule has 0 aromatic heterocycles. The van der Waals surface area contributed by atoms with Crippen molar-refractivity contribution in [1.29, 1.82) is 0 Å². The minimum Gasteiger partial charge on any atom is -0.353 e. The van der Waals surface area contributed by atoms with Crippen LogP contribution in [0.25, 0.3) is 0 Å². The van der Waals surface area contributed by atoms with Crippen LogP contribution in [-0.4, -0.2) is 31.4 Å². The van der Waals surface area contributed by atoms with Crippen LogP contribution in [0.15, 0.2) is 12.1 Å². The van der Waals surface area contributed by atoms with Crippen LogP contribution in [0.2, 0.25) is 10.0 Å². The first-order valence-electron chi connectivity index (χ1n) is 5.52. The van der Waals surface area contributed by atoms with Crippen LogP contribution < -0.4 is 9.80 Å². The second kappa shape index (κ2) is 6.40. The van der Waals surface area contributed by atoms with Gasteiger partial charge in [-0.2, -0.15) is 0 Å². The topological polar surface area (TPSA) is 23.6 Å². The van der Waals surface area contributed by atoms with E-state index in [0.29, 0.717) is 10.0 Å². The number of Topliss-reactive ketones (excluding diaryl/α,β-unsaturated/α-hetero) is 1. The standard InChI is InChI=1S/C12H13Cl3N2O.ClH/c1-7-16(2)11-3-9(14)10(15)4-12(11)17(7)6-8(18)5-13;/h3-4,7H,5-6H2,1-2H3;1H. The van der Waals surface area contributed by atoms with Crippen molar-refractivity contribution in [2.75, 3.05) is 29.3 Å². The third kappa shape index (κ3) is 3.05.